The van der Waals surface area contributed by atoms with E-state index in [4.69, 9.17) is 6.42 Å². The van der Waals surface area contributed by atoms with Crippen molar-refractivity contribution in [2.75, 3.05) is 0 Å². The Balaban J connectivity index is 2.23. The summed E-state index contributed by atoms with van der Waals surface area (Å²) in [5.74, 6) is 2.43. The van der Waals surface area contributed by atoms with Gasteiger partial charge in [0, 0.05) is 5.56 Å². The number of hydrogen-bond donors (Lipinski definition) is 0. The molecular weight excluding hydrogens is 180 g/mol. The predicted molar refractivity (Wildman–Crippen MR) is 60.9 cm³/mol. The highest BCUT2D eigenvalue weighted by Gasteiger charge is 2.17. The molecular formula is C15H9. The molecule has 0 saturated heterocycles. The van der Waals surface area contributed by atoms with Crippen LogP contribution >= 0.6 is 0 Å². The van der Waals surface area contributed by atoms with E-state index in [9.17, 15) is 0 Å². The first kappa shape index (κ1) is 8.32. The van der Waals surface area contributed by atoms with Crippen LogP contribution in [0.15, 0.2) is 42.5 Å². The van der Waals surface area contributed by atoms with Gasteiger partial charge in [0.15, 0.2) is 0 Å². The summed E-state index contributed by atoms with van der Waals surface area (Å²) in [5, 5.41) is 0. The van der Waals surface area contributed by atoms with Crippen LogP contribution in [0.4, 0.5) is 0 Å². The first-order valence-electron chi connectivity index (χ1n) is 5.02. The Kier molecular flexibility index (Phi) is 1.66. The van der Waals surface area contributed by atoms with Gasteiger partial charge in [-0.1, -0.05) is 36.3 Å². The van der Waals surface area contributed by atoms with Crippen LogP contribution in [0.2, 0.25) is 0 Å². The van der Waals surface area contributed by atoms with Gasteiger partial charge in [0.25, 0.3) is 0 Å². The van der Waals surface area contributed by atoms with Gasteiger partial charge in [0.2, 0.25) is 0 Å². The predicted octanol–water partition coefficient (Wildman–Crippen LogP) is 3.20. The minimum absolute atomic E-state index is 0.863. The van der Waals surface area contributed by atoms with E-state index in [1.807, 2.05) is 6.07 Å². The molecule has 0 unspecified atom stereocenters. The average molecular weight is 189 g/mol. The SMILES string of the molecule is [C]#Cc1ccc2c(c1)Cc1ccccc1-2. The van der Waals surface area contributed by atoms with Gasteiger partial charge in [-0.05, 0) is 47.2 Å². The second-order valence-electron chi connectivity index (χ2n) is 3.83. The van der Waals surface area contributed by atoms with E-state index >= 15 is 0 Å². The molecule has 1 radical (unpaired) electrons. The van der Waals surface area contributed by atoms with Crippen molar-refractivity contribution in [3.05, 3.63) is 65.6 Å². The van der Waals surface area contributed by atoms with E-state index < -0.39 is 0 Å². The van der Waals surface area contributed by atoms with Crippen molar-refractivity contribution in [1.29, 1.82) is 0 Å². The van der Waals surface area contributed by atoms with Crippen LogP contribution in [0.1, 0.15) is 16.7 Å². The van der Waals surface area contributed by atoms with Crippen molar-refractivity contribution >= 4 is 0 Å². The minimum Gasteiger partial charge on any atom is -0.0619 e. The molecule has 0 bridgehead atoms. The molecule has 0 heterocycles. The molecule has 15 heavy (non-hydrogen) atoms. The molecule has 0 saturated carbocycles. The lowest BCUT2D eigenvalue weighted by atomic mass is 10.0. The quantitative estimate of drug-likeness (QED) is 0.476. The maximum absolute atomic E-state index is 7.12. The Bertz CT molecular complexity index is 571. The number of benzene rings is 2. The molecule has 69 valence electrons. The molecule has 0 aliphatic heterocycles. The first-order chi connectivity index (χ1) is 7.38. The highest BCUT2D eigenvalue weighted by molar-refractivity contribution is 5.77. The monoisotopic (exact) mass is 189 g/mol. The van der Waals surface area contributed by atoms with Gasteiger partial charge in [-0.15, -0.1) is 0 Å². The zero-order valence-corrected chi connectivity index (χ0v) is 8.25. The summed E-state index contributed by atoms with van der Waals surface area (Å²) >= 11 is 0. The topological polar surface area (TPSA) is 0 Å². The molecule has 0 nitrogen and oxygen atoms in total. The van der Waals surface area contributed by atoms with E-state index in [2.05, 4.69) is 42.3 Å². The molecule has 1 aliphatic rings. The van der Waals surface area contributed by atoms with Gasteiger partial charge in [0.1, 0.15) is 0 Å². The van der Waals surface area contributed by atoms with Crippen LogP contribution in [0.25, 0.3) is 11.1 Å². The van der Waals surface area contributed by atoms with E-state index in [0.717, 1.165) is 12.0 Å². The lowest BCUT2D eigenvalue weighted by molar-refractivity contribution is 1.26. The van der Waals surface area contributed by atoms with Crippen molar-refractivity contribution in [1.82, 2.24) is 0 Å². The minimum atomic E-state index is 0.863. The fraction of sp³-hybridized carbons (Fsp3) is 0.0667. The third kappa shape index (κ3) is 1.17. The van der Waals surface area contributed by atoms with Crippen LogP contribution < -0.4 is 0 Å². The summed E-state index contributed by atoms with van der Waals surface area (Å²) in [6, 6.07) is 14.6. The fourth-order valence-electron chi connectivity index (χ4n) is 2.22. The molecule has 2 aromatic rings. The van der Waals surface area contributed by atoms with Gasteiger partial charge < -0.3 is 0 Å². The van der Waals surface area contributed by atoms with Gasteiger partial charge in [-0.25, -0.2) is 0 Å². The van der Waals surface area contributed by atoms with E-state index in [1.54, 1.807) is 0 Å². The summed E-state index contributed by atoms with van der Waals surface area (Å²) in [6.07, 6.45) is 8.10. The molecule has 0 amide bonds. The lowest BCUT2D eigenvalue weighted by Gasteiger charge is -2.00. The van der Waals surface area contributed by atoms with Crippen molar-refractivity contribution < 1.29 is 0 Å². The summed E-state index contributed by atoms with van der Waals surface area (Å²) in [5.41, 5.74) is 6.21. The molecule has 0 aromatic heterocycles. The zero-order valence-electron chi connectivity index (χ0n) is 8.25. The van der Waals surface area contributed by atoms with Crippen molar-refractivity contribution in [2.45, 2.75) is 6.42 Å². The van der Waals surface area contributed by atoms with Crippen LogP contribution in [-0.4, -0.2) is 0 Å². The number of rotatable bonds is 0. The second-order valence-corrected chi connectivity index (χ2v) is 3.83. The molecule has 0 heteroatoms. The fourth-order valence-corrected chi connectivity index (χ4v) is 2.22. The summed E-state index contributed by atoms with van der Waals surface area (Å²) in [7, 11) is 0. The Labute approximate surface area is 89.6 Å². The number of hydrogen-bond acceptors (Lipinski definition) is 0. The molecule has 0 N–H and O–H groups in total. The third-order valence-electron chi connectivity index (χ3n) is 2.94. The summed E-state index contributed by atoms with van der Waals surface area (Å²) in [6.45, 7) is 0. The molecule has 2 aromatic carbocycles. The third-order valence-corrected chi connectivity index (χ3v) is 2.94. The van der Waals surface area contributed by atoms with E-state index in [-0.39, 0.29) is 0 Å². The maximum Gasteiger partial charge on any atom is 0.0258 e. The molecule has 0 atom stereocenters. The second kappa shape index (κ2) is 3.00. The number of fused-ring (bicyclic) bond motifs is 3. The lowest BCUT2D eigenvalue weighted by Crippen LogP contribution is -1.81. The van der Waals surface area contributed by atoms with Gasteiger partial charge in [-0.3, -0.25) is 0 Å². The largest absolute Gasteiger partial charge is 0.0619 e. The highest BCUT2D eigenvalue weighted by Crippen LogP contribution is 2.36. The van der Waals surface area contributed by atoms with Crippen LogP contribution in [0.3, 0.4) is 0 Å². The van der Waals surface area contributed by atoms with E-state index in [1.165, 1.54) is 22.3 Å². The summed E-state index contributed by atoms with van der Waals surface area (Å²) < 4.78 is 0. The average Bonchev–Trinajstić information content (AvgIpc) is 2.66. The highest BCUT2D eigenvalue weighted by atomic mass is 14.2. The van der Waals surface area contributed by atoms with Gasteiger partial charge in [0.05, 0.1) is 0 Å². The van der Waals surface area contributed by atoms with Crippen LogP contribution in [0, 0.1) is 12.3 Å². The van der Waals surface area contributed by atoms with Crippen molar-refractivity contribution in [3.8, 4) is 17.0 Å². The first-order valence-corrected chi connectivity index (χ1v) is 5.02. The van der Waals surface area contributed by atoms with Crippen LogP contribution in [-0.2, 0) is 6.42 Å². The Morgan fingerprint density at radius 1 is 0.933 bits per heavy atom. The molecule has 3 rings (SSSR count). The Morgan fingerprint density at radius 2 is 1.73 bits per heavy atom. The molecule has 0 fully saturated rings. The molecule has 1 aliphatic carbocycles. The normalized spacial score (nSPS) is 11.7. The van der Waals surface area contributed by atoms with Crippen LogP contribution in [0.5, 0.6) is 0 Å². The van der Waals surface area contributed by atoms with Crippen molar-refractivity contribution in [3.63, 3.8) is 0 Å². The standard InChI is InChI=1S/C15H9/c1-2-11-7-8-15-13(9-11)10-12-5-3-4-6-14(12)15/h3-9H,10H2. The van der Waals surface area contributed by atoms with Crippen molar-refractivity contribution in [2.24, 2.45) is 0 Å². The van der Waals surface area contributed by atoms with Gasteiger partial charge in [-0.2, -0.15) is 0 Å². The Morgan fingerprint density at radius 3 is 2.60 bits per heavy atom. The van der Waals surface area contributed by atoms with E-state index in [0.29, 0.717) is 0 Å². The summed E-state index contributed by atoms with van der Waals surface area (Å²) in [4.78, 5) is 0. The Hall–Kier alpha value is -2.00. The maximum atomic E-state index is 7.12. The van der Waals surface area contributed by atoms with Gasteiger partial charge >= 0.3 is 0 Å². The smallest absolute Gasteiger partial charge is 0.0258 e. The molecule has 0 spiro atoms. The zero-order chi connectivity index (χ0) is 10.3.